The Morgan fingerprint density at radius 1 is 1.12 bits per heavy atom. The first kappa shape index (κ1) is 16.5. The topological polar surface area (TPSA) is 58.6 Å². The summed E-state index contributed by atoms with van der Waals surface area (Å²) in [6.07, 6.45) is 0. The van der Waals surface area contributed by atoms with E-state index in [-0.39, 0.29) is 19.1 Å². The molecule has 124 valence electrons. The minimum absolute atomic E-state index is 0.194. The van der Waals surface area contributed by atoms with E-state index in [4.69, 9.17) is 4.74 Å². The molecule has 6 heteroatoms. The Kier molecular flexibility index (Phi) is 4.57. The zero-order chi connectivity index (χ0) is 17.2. The highest BCUT2D eigenvalue weighted by Crippen LogP contribution is 2.28. The van der Waals surface area contributed by atoms with Crippen LogP contribution < -0.4 is 10.1 Å². The van der Waals surface area contributed by atoms with Crippen LogP contribution in [0.5, 0.6) is 5.75 Å². The van der Waals surface area contributed by atoms with E-state index in [1.807, 2.05) is 54.6 Å². The third-order valence-electron chi connectivity index (χ3n) is 4.01. The minimum atomic E-state index is -1.03. The van der Waals surface area contributed by atoms with Crippen LogP contribution in [0.4, 0.5) is 4.79 Å². The number of imide groups is 1. The smallest absolute Gasteiger partial charge is 0.325 e. The highest BCUT2D eigenvalue weighted by Gasteiger charge is 2.48. The molecular formula is C18H17BrN2O3. The third kappa shape index (κ3) is 3.14. The van der Waals surface area contributed by atoms with Gasteiger partial charge >= 0.3 is 6.03 Å². The quantitative estimate of drug-likeness (QED) is 0.799. The fraction of sp³-hybridized carbons (Fsp3) is 0.222. The van der Waals surface area contributed by atoms with E-state index in [0.717, 1.165) is 10.0 Å². The Bertz CT molecular complexity index is 766. The first-order valence-corrected chi connectivity index (χ1v) is 8.38. The minimum Gasteiger partial charge on any atom is -0.492 e. The van der Waals surface area contributed by atoms with E-state index in [2.05, 4.69) is 21.2 Å². The van der Waals surface area contributed by atoms with Crippen LogP contribution in [0.15, 0.2) is 59.1 Å². The van der Waals surface area contributed by atoms with Gasteiger partial charge in [0.15, 0.2) is 0 Å². The van der Waals surface area contributed by atoms with Crippen LogP contribution >= 0.6 is 15.9 Å². The Balaban J connectivity index is 1.67. The Morgan fingerprint density at radius 2 is 1.88 bits per heavy atom. The molecule has 1 N–H and O–H groups in total. The Hall–Kier alpha value is -2.34. The van der Waals surface area contributed by atoms with Gasteiger partial charge in [-0.1, -0.05) is 52.3 Å². The molecule has 1 heterocycles. The number of carbonyl (C=O) groups excluding carboxylic acids is 2. The second-order valence-corrected chi connectivity index (χ2v) is 6.60. The lowest BCUT2D eigenvalue weighted by Crippen LogP contribution is -2.41. The number of hydrogen-bond donors (Lipinski definition) is 1. The molecule has 0 bridgehead atoms. The monoisotopic (exact) mass is 388 g/mol. The summed E-state index contributed by atoms with van der Waals surface area (Å²) in [4.78, 5) is 26.1. The highest BCUT2D eigenvalue weighted by molar-refractivity contribution is 9.10. The molecule has 1 fully saturated rings. The maximum absolute atomic E-state index is 12.7. The third-order valence-corrected chi connectivity index (χ3v) is 4.50. The predicted molar refractivity (Wildman–Crippen MR) is 93.7 cm³/mol. The number of nitrogens with one attached hydrogen (secondary N) is 1. The van der Waals surface area contributed by atoms with E-state index in [1.54, 1.807) is 6.92 Å². The maximum Gasteiger partial charge on any atom is 0.325 e. The molecule has 0 saturated carbocycles. The molecular weight excluding hydrogens is 372 g/mol. The first-order valence-electron chi connectivity index (χ1n) is 7.59. The van der Waals surface area contributed by atoms with Gasteiger partial charge in [0.1, 0.15) is 17.9 Å². The average Bonchev–Trinajstić information content (AvgIpc) is 2.80. The highest BCUT2D eigenvalue weighted by atomic mass is 79.9. The first-order chi connectivity index (χ1) is 11.5. The summed E-state index contributed by atoms with van der Waals surface area (Å²) in [5.41, 5.74) is -0.271. The van der Waals surface area contributed by atoms with E-state index < -0.39 is 11.6 Å². The predicted octanol–water partition coefficient (Wildman–Crippen LogP) is 3.30. The van der Waals surface area contributed by atoms with E-state index in [1.165, 1.54) is 4.90 Å². The second kappa shape index (κ2) is 6.65. The van der Waals surface area contributed by atoms with Gasteiger partial charge in [-0.2, -0.15) is 0 Å². The summed E-state index contributed by atoms with van der Waals surface area (Å²) in [6.45, 7) is 2.15. The molecule has 0 radical (unpaired) electrons. The van der Waals surface area contributed by atoms with Crippen molar-refractivity contribution in [1.29, 1.82) is 0 Å². The van der Waals surface area contributed by atoms with E-state index in [9.17, 15) is 9.59 Å². The molecule has 2 aromatic rings. The zero-order valence-electron chi connectivity index (χ0n) is 13.2. The van der Waals surface area contributed by atoms with Crippen molar-refractivity contribution in [3.8, 4) is 5.75 Å². The summed E-state index contributed by atoms with van der Waals surface area (Å²) < 4.78 is 6.52. The van der Waals surface area contributed by atoms with E-state index >= 15 is 0 Å². The van der Waals surface area contributed by atoms with Crippen molar-refractivity contribution in [3.05, 3.63) is 64.6 Å². The molecule has 0 spiro atoms. The molecule has 1 saturated heterocycles. The molecule has 5 nitrogen and oxygen atoms in total. The lowest BCUT2D eigenvalue weighted by Gasteiger charge is -2.22. The largest absolute Gasteiger partial charge is 0.492 e. The standard InChI is InChI=1S/C18H17BrN2O3/c1-18(13-6-3-2-4-7-13)16(22)21(17(23)20-18)10-11-24-15-9-5-8-14(19)12-15/h2-9,12H,10-11H2,1H3,(H,20,23)/t18-/m0/s1. The van der Waals surface area contributed by atoms with Crippen LogP contribution in [-0.2, 0) is 10.3 Å². The molecule has 24 heavy (non-hydrogen) atoms. The van der Waals surface area contributed by atoms with Crippen molar-refractivity contribution in [3.63, 3.8) is 0 Å². The Morgan fingerprint density at radius 3 is 2.58 bits per heavy atom. The zero-order valence-corrected chi connectivity index (χ0v) is 14.7. The van der Waals surface area contributed by atoms with Crippen LogP contribution in [0.2, 0.25) is 0 Å². The molecule has 2 aromatic carbocycles. The SMILES string of the molecule is C[C@@]1(c2ccccc2)NC(=O)N(CCOc2cccc(Br)c2)C1=O. The van der Waals surface area contributed by atoms with Gasteiger partial charge < -0.3 is 10.1 Å². The van der Waals surface area contributed by atoms with Crippen molar-refractivity contribution in [1.82, 2.24) is 10.2 Å². The average molecular weight is 389 g/mol. The maximum atomic E-state index is 12.7. The van der Waals surface area contributed by atoms with E-state index in [0.29, 0.717) is 5.75 Å². The number of urea groups is 1. The molecule has 0 aliphatic carbocycles. The number of rotatable bonds is 5. The lowest BCUT2D eigenvalue weighted by molar-refractivity contribution is -0.131. The fourth-order valence-electron chi connectivity index (χ4n) is 2.68. The van der Waals surface area contributed by atoms with Gasteiger partial charge in [0.05, 0.1) is 6.54 Å². The molecule has 1 atom stereocenters. The molecule has 0 aromatic heterocycles. The number of halogens is 1. The number of ether oxygens (including phenoxy) is 1. The van der Waals surface area contributed by atoms with Gasteiger partial charge in [-0.15, -0.1) is 0 Å². The van der Waals surface area contributed by atoms with Gasteiger partial charge in [0.2, 0.25) is 0 Å². The van der Waals surface area contributed by atoms with Crippen molar-refractivity contribution in [2.45, 2.75) is 12.5 Å². The lowest BCUT2D eigenvalue weighted by atomic mass is 9.92. The van der Waals surface area contributed by atoms with Crippen molar-refractivity contribution >= 4 is 27.9 Å². The summed E-state index contributed by atoms with van der Waals surface area (Å²) in [7, 11) is 0. The van der Waals surface area contributed by atoms with Gasteiger partial charge in [-0.3, -0.25) is 9.69 Å². The fourth-order valence-corrected chi connectivity index (χ4v) is 3.06. The molecule has 3 amide bonds. The van der Waals surface area contributed by atoms with Crippen molar-refractivity contribution in [2.75, 3.05) is 13.2 Å². The van der Waals surface area contributed by atoms with Gasteiger partial charge in [0, 0.05) is 4.47 Å². The van der Waals surface area contributed by atoms with Crippen LogP contribution in [-0.4, -0.2) is 30.0 Å². The summed E-state index contributed by atoms with van der Waals surface area (Å²) >= 11 is 3.37. The number of carbonyl (C=O) groups is 2. The van der Waals surface area contributed by atoms with Crippen LogP contribution in [0.25, 0.3) is 0 Å². The molecule has 1 aliphatic rings. The van der Waals surface area contributed by atoms with Gasteiger partial charge in [-0.25, -0.2) is 4.79 Å². The number of benzene rings is 2. The number of amides is 3. The van der Waals surface area contributed by atoms with Crippen LogP contribution in [0, 0.1) is 0 Å². The van der Waals surface area contributed by atoms with Gasteiger partial charge in [-0.05, 0) is 30.7 Å². The van der Waals surface area contributed by atoms with Crippen molar-refractivity contribution in [2.24, 2.45) is 0 Å². The summed E-state index contributed by atoms with van der Waals surface area (Å²) in [5.74, 6) is 0.416. The molecule has 1 aliphatic heterocycles. The summed E-state index contributed by atoms with van der Waals surface area (Å²) in [6, 6.07) is 16.2. The van der Waals surface area contributed by atoms with Crippen LogP contribution in [0.1, 0.15) is 12.5 Å². The Labute approximate surface area is 148 Å². The molecule has 0 unspecified atom stereocenters. The normalized spacial score (nSPS) is 20.2. The molecule has 3 rings (SSSR count). The van der Waals surface area contributed by atoms with Gasteiger partial charge in [0.25, 0.3) is 5.91 Å². The van der Waals surface area contributed by atoms with Crippen molar-refractivity contribution < 1.29 is 14.3 Å². The second-order valence-electron chi connectivity index (χ2n) is 5.68. The van der Waals surface area contributed by atoms with Crippen LogP contribution in [0.3, 0.4) is 0 Å². The summed E-state index contributed by atoms with van der Waals surface area (Å²) in [5, 5.41) is 2.78. The number of hydrogen-bond acceptors (Lipinski definition) is 3. The number of nitrogens with zero attached hydrogens (tertiary/aromatic N) is 1.